The molecule has 0 heterocycles. The molecule has 0 aromatic heterocycles. The standard InChI is InChI=1S/C19H27NO/c1-13(2)10-18(15-6-4-3-5-7-15)20-19(21)17-12-14-8-9-16(17)11-14/h3-7,13-14,16-18H,8-12H2,1-2H3,(H,20,21). The van der Waals surface area contributed by atoms with Gasteiger partial charge in [0.15, 0.2) is 0 Å². The van der Waals surface area contributed by atoms with Gasteiger partial charge in [0.05, 0.1) is 6.04 Å². The summed E-state index contributed by atoms with van der Waals surface area (Å²) < 4.78 is 0. The molecule has 3 rings (SSSR count). The molecule has 2 bridgehead atoms. The number of fused-ring (bicyclic) bond motifs is 2. The molecule has 1 N–H and O–H groups in total. The Morgan fingerprint density at radius 1 is 1.19 bits per heavy atom. The van der Waals surface area contributed by atoms with E-state index in [0.29, 0.717) is 17.7 Å². The summed E-state index contributed by atoms with van der Waals surface area (Å²) in [6.07, 6.45) is 6.04. The van der Waals surface area contributed by atoms with Crippen molar-refractivity contribution in [2.24, 2.45) is 23.7 Å². The molecule has 4 atom stereocenters. The number of amides is 1. The van der Waals surface area contributed by atoms with Crippen LogP contribution in [0.2, 0.25) is 0 Å². The lowest BCUT2D eigenvalue weighted by Crippen LogP contribution is -2.36. The van der Waals surface area contributed by atoms with Gasteiger partial charge in [0, 0.05) is 5.92 Å². The first-order chi connectivity index (χ1) is 10.1. The summed E-state index contributed by atoms with van der Waals surface area (Å²) in [5.74, 6) is 2.64. The molecule has 2 aliphatic carbocycles. The maximum atomic E-state index is 12.7. The molecule has 2 saturated carbocycles. The summed E-state index contributed by atoms with van der Waals surface area (Å²) in [5, 5.41) is 3.35. The highest BCUT2D eigenvalue weighted by molar-refractivity contribution is 5.80. The van der Waals surface area contributed by atoms with Crippen LogP contribution in [0.15, 0.2) is 30.3 Å². The Kier molecular flexibility index (Phi) is 4.32. The Hall–Kier alpha value is -1.31. The summed E-state index contributed by atoms with van der Waals surface area (Å²) in [6, 6.07) is 10.6. The average molecular weight is 285 g/mol. The van der Waals surface area contributed by atoms with Crippen molar-refractivity contribution in [2.75, 3.05) is 0 Å². The Bertz CT molecular complexity index is 482. The van der Waals surface area contributed by atoms with Gasteiger partial charge in [-0.15, -0.1) is 0 Å². The molecule has 2 nitrogen and oxygen atoms in total. The first-order valence-electron chi connectivity index (χ1n) is 8.48. The van der Waals surface area contributed by atoms with Crippen LogP contribution in [0.4, 0.5) is 0 Å². The van der Waals surface area contributed by atoms with Crippen LogP contribution < -0.4 is 5.32 Å². The molecule has 0 radical (unpaired) electrons. The fourth-order valence-electron chi connectivity index (χ4n) is 4.28. The second kappa shape index (κ2) is 6.21. The highest BCUT2D eigenvalue weighted by atomic mass is 16.2. The molecule has 0 spiro atoms. The van der Waals surface area contributed by atoms with Crippen molar-refractivity contribution in [1.29, 1.82) is 0 Å². The second-order valence-electron chi connectivity index (χ2n) is 7.38. The van der Waals surface area contributed by atoms with Crippen LogP contribution in [-0.2, 0) is 4.79 Å². The Morgan fingerprint density at radius 3 is 2.52 bits per heavy atom. The number of nitrogens with one attached hydrogen (secondary N) is 1. The molecular formula is C19H27NO. The zero-order valence-electron chi connectivity index (χ0n) is 13.2. The number of hydrogen-bond acceptors (Lipinski definition) is 1. The van der Waals surface area contributed by atoms with Gasteiger partial charge < -0.3 is 5.32 Å². The van der Waals surface area contributed by atoms with Crippen LogP contribution in [0.3, 0.4) is 0 Å². The van der Waals surface area contributed by atoms with Crippen molar-refractivity contribution in [3.63, 3.8) is 0 Å². The van der Waals surface area contributed by atoms with E-state index in [1.165, 1.54) is 24.8 Å². The van der Waals surface area contributed by atoms with Gasteiger partial charge in [-0.3, -0.25) is 4.79 Å². The molecule has 0 aliphatic heterocycles. The van der Waals surface area contributed by atoms with Crippen LogP contribution >= 0.6 is 0 Å². The zero-order chi connectivity index (χ0) is 14.8. The van der Waals surface area contributed by atoms with E-state index in [4.69, 9.17) is 0 Å². The molecule has 0 saturated heterocycles. The fourth-order valence-corrected chi connectivity index (χ4v) is 4.28. The van der Waals surface area contributed by atoms with Crippen molar-refractivity contribution in [2.45, 2.75) is 52.0 Å². The minimum absolute atomic E-state index is 0.165. The van der Waals surface area contributed by atoms with E-state index in [0.717, 1.165) is 18.8 Å². The van der Waals surface area contributed by atoms with Gasteiger partial charge in [-0.2, -0.15) is 0 Å². The number of rotatable bonds is 5. The summed E-state index contributed by atoms with van der Waals surface area (Å²) in [7, 11) is 0. The maximum absolute atomic E-state index is 12.7. The minimum atomic E-state index is 0.165. The lowest BCUT2D eigenvalue weighted by molar-refractivity contribution is -0.127. The first kappa shape index (κ1) is 14.6. The van der Waals surface area contributed by atoms with Crippen molar-refractivity contribution < 1.29 is 4.79 Å². The van der Waals surface area contributed by atoms with Gasteiger partial charge in [-0.05, 0) is 49.0 Å². The Morgan fingerprint density at radius 2 is 1.95 bits per heavy atom. The zero-order valence-corrected chi connectivity index (χ0v) is 13.2. The summed E-state index contributed by atoms with van der Waals surface area (Å²) in [6.45, 7) is 4.44. The first-order valence-corrected chi connectivity index (χ1v) is 8.48. The van der Waals surface area contributed by atoms with Crippen LogP contribution in [-0.4, -0.2) is 5.91 Å². The van der Waals surface area contributed by atoms with E-state index in [2.05, 4.69) is 43.4 Å². The van der Waals surface area contributed by atoms with E-state index >= 15 is 0 Å². The molecule has 1 amide bonds. The number of carbonyl (C=O) groups excluding carboxylic acids is 1. The highest BCUT2D eigenvalue weighted by Gasteiger charge is 2.43. The quantitative estimate of drug-likeness (QED) is 0.857. The van der Waals surface area contributed by atoms with Crippen LogP contribution in [0, 0.1) is 23.7 Å². The predicted octanol–water partition coefficient (Wildman–Crippen LogP) is 4.33. The van der Waals surface area contributed by atoms with Gasteiger partial charge in [0.2, 0.25) is 5.91 Å². The average Bonchev–Trinajstić information content (AvgIpc) is 3.09. The predicted molar refractivity (Wildman–Crippen MR) is 85.7 cm³/mol. The van der Waals surface area contributed by atoms with Crippen LogP contribution in [0.5, 0.6) is 0 Å². The number of benzene rings is 1. The maximum Gasteiger partial charge on any atom is 0.223 e. The monoisotopic (exact) mass is 285 g/mol. The van der Waals surface area contributed by atoms with Crippen LogP contribution in [0.25, 0.3) is 0 Å². The SMILES string of the molecule is CC(C)CC(NC(=O)C1CC2CCC1C2)c1ccccc1. The lowest BCUT2D eigenvalue weighted by atomic mass is 9.87. The van der Waals surface area contributed by atoms with Gasteiger partial charge in [-0.1, -0.05) is 50.6 Å². The third kappa shape index (κ3) is 3.30. The molecule has 2 aliphatic rings. The topological polar surface area (TPSA) is 29.1 Å². The number of hydrogen-bond donors (Lipinski definition) is 1. The van der Waals surface area contributed by atoms with Crippen molar-refractivity contribution in [3.8, 4) is 0 Å². The van der Waals surface area contributed by atoms with Gasteiger partial charge in [-0.25, -0.2) is 0 Å². The van der Waals surface area contributed by atoms with E-state index in [1.54, 1.807) is 0 Å². The van der Waals surface area contributed by atoms with E-state index in [9.17, 15) is 4.79 Å². The van der Waals surface area contributed by atoms with Gasteiger partial charge >= 0.3 is 0 Å². The molecule has 2 heteroatoms. The molecule has 114 valence electrons. The summed E-state index contributed by atoms with van der Waals surface area (Å²) >= 11 is 0. The molecule has 2 fully saturated rings. The normalized spacial score (nSPS) is 28.8. The van der Waals surface area contributed by atoms with E-state index in [-0.39, 0.29) is 12.0 Å². The number of carbonyl (C=O) groups is 1. The van der Waals surface area contributed by atoms with Crippen molar-refractivity contribution >= 4 is 5.91 Å². The molecule has 21 heavy (non-hydrogen) atoms. The molecule has 1 aromatic carbocycles. The Labute approximate surface area is 128 Å². The minimum Gasteiger partial charge on any atom is -0.349 e. The van der Waals surface area contributed by atoms with Gasteiger partial charge in [0.1, 0.15) is 0 Å². The molecule has 1 aromatic rings. The molecule has 4 unspecified atom stereocenters. The third-order valence-electron chi connectivity index (χ3n) is 5.30. The summed E-state index contributed by atoms with van der Waals surface area (Å²) in [4.78, 5) is 12.7. The van der Waals surface area contributed by atoms with Gasteiger partial charge in [0.25, 0.3) is 0 Å². The third-order valence-corrected chi connectivity index (χ3v) is 5.30. The van der Waals surface area contributed by atoms with Crippen LogP contribution in [0.1, 0.15) is 57.6 Å². The highest BCUT2D eigenvalue weighted by Crippen LogP contribution is 2.48. The van der Waals surface area contributed by atoms with E-state index in [1.807, 2.05) is 6.07 Å². The Balaban J connectivity index is 1.68. The second-order valence-corrected chi connectivity index (χ2v) is 7.38. The largest absolute Gasteiger partial charge is 0.349 e. The smallest absolute Gasteiger partial charge is 0.223 e. The lowest BCUT2D eigenvalue weighted by Gasteiger charge is -2.26. The van der Waals surface area contributed by atoms with Crippen molar-refractivity contribution in [3.05, 3.63) is 35.9 Å². The summed E-state index contributed by atoms with van der Waals surface area (Å²) in [5.41, 5.74) is 1.24. The van der Waals surface area contributed by atoms with E-state index < -0.39 is 0 Å². The molecular weight excluding hydrogens is 258 g/mol. The van der Waals surface area contributed by atoms with Crippen molar-refractivity contribution in [1.82, 2.24) is 5.32 Å². The fraction of sp³-hybridized carbons (Fsp3) is 0.632.